The fourth-order valence-corrected chi connectivity index (χ4v) is 3.08. The average Bonchev–Trinajstić information content (AvgIpc) is 2.55. The molecule has 0 unspecified atom stereocenters. The van der Waals surface area contributed by atoms with Gasteiger partial charge in [-0.1, -0.05) is 13.0 Å². The molecule has 0 saturated carbocycles. The lowest BCUT2D eigenvalue weighted by atomic mass is 9.98. The van der Waals surface area contributed by atoms with Crippen LogP contribution in [0.5, 0.6) is 5.75 Å². The van der Waals surface area contributed by atoms with Crippen LogP contribution in [-0.4, -0.2) is 44.2 Å². The Morgan fingerprint density at radius 3 is 2.59 bits per heavy atom. The van der Waals surface area contributed by atoms with E-state index in [1.165, 1.54) is 55.6 Å². The fraction of sp³-hybridized carbons (Fsp3) is 0.684. The maximum atomic E-state index is 5.81. The lowest BCUT2D eigenvalue weighted by Crippen LogP contribution is -2.43. The Balaban J connectivity index is 1.78. The molecule has 0 aromatic heterocycles. The van der Waals surface area contributed by atoms with Crippen molar-refractivity contribution in [1.82, 2.24) is 10.2 Å². The first-order chi connectivity index (χ1) is 10.7. The van der Waals surface area contributed by atoms with Crippen molar-refractivity contribution in [2.75, 3.05) is 39.3 Å². The summed E-state index contributed by atoms with van der Waals surface area (Å²) < 4.78 is 5.81. The van der Waals surface area contributed by atoms with Crippen molar-refractivity contribution in [2.24, 2.45) is 0 Å². The Hall–Kier alpha value is -1.06. The van der Waals surface area contributed by atoms with E-state index < -0.39 is 0 Å². The van der Waals surface area contributed by atoms with Crippen LogP contribution < -0.4 is 10.1 Å². The molecule has 0 spiro atoms. The van der Waals surface area contributed by atoms with Crippen molar-refractivity contribution < 1.29 is 4.74 Å². The van der Waals surface area contributed by atoms with Gasteiger partial charge in [-0.05, 0) is 68.8 Å². The minimum atomic E-state index is 0.810. The summed E-state index contributed by atoms with van der Waals surface area (Å²) in [7, 11) is 0. The van der Waals surface area contributed by atoms with Crippen LogP contribution in [0.15, 0.2) is 12.1 Å². The van der Waals surface area contributed by atoms with E-state index >= 15 is 0 Å². The molecule has 0 atom stereocenters. The average molecular weight is 304 g/mol. The van der Waals surface area contributed by atoms with Gasteiger partial charge in [-0.15, -0.1) is 0 Å². The summed E-state index contributed by atoms with van der Waals surface area (Å²) in [5.41, 5.74) is 4.21. The first kappa shape index (κ1) is 17.3. The number of unbranched alkanes of at least 4 members (excludes halogenated alkanes) is 1. The summed E-state index contributed by atoms with van der Waals surface area (Å²) in [4.78, 5) is 2.58. The molecule has 1 fully saturated rings. The number of nitrogens with zero attached hydrogens (tertiary/aromatic N) is 1. The zero-order valence-corrected chi connectivity index (χ0v) is 14.6. The third kappa shape index (κ3) is 4.99. The van der Waals surface area contributed by atoms with E-state index in [-0.39, 0.29) is 0 Å². The quantitative estimate of drug-likeness (QED) is 0.746. The van der Waals surface area contributed by atoms with Gasteiger partial charge in [0, 0.05) is 26.2 Å². The van der Waals surface area contributed by atoms with Crippen LogP contribution in [0.3, 0.4) is 0 Å². The second kappa shape index (κ2) is 9.16. The van der Waals surface area contributed by atoms with E-state index in [1.807, 2.05) is 0 Å². The highest BCUT2D eigenvalue weighted by Gasteiger charge is 2.10. The molecule has 2 rings (SSSR count). The van der Waals surface area contributed by atoms with Gasteiger partial charge < -0.3 is 15.0 Å². The summed E-state index contributed by atoms with van der Waals surface area (Å²) in [6.45, 7) is 13.3. The third-order valence-electron chi connectivity index (χ3n) is 4.69. The van der Waals surface area contributed by atoms with Gasteiger partial charge in [0.2, 0.25) is 0 Å². The van der Waals surface area contributed by atoms with Gasteiger partial charge in [-0.3, -0.25) is 0 Å². The molecule has 124 valence electrons. The lowest BCUT2D eigenvalue weighted by Gasteiger charge is -2.27. The van der Waals surface area contributed by atoms with Crippen molar-refractivity contribution in [1.29, 1.82) is 0 Å². The van der Waals surface area contributed by atoms with Crippen molar-refractivity contribution in [3.63, 3.8) is 0 Å². The highest BCUT2D eigenvalue weighted by Crippen LogP contribution is 2.25. The van der Waals surface area contributed by atoms with Crippen LogP contribution in [0.25, 0.3) is 0 Å². The SMILES string of the molecule is CCCOc1ccc(CCCCN2CCNCC2)c(C)c1C. The number of nitrogens with one attached hydrogen (secondary N) is 1. The number of rotatable bonds is 8. The highest BCUT2D eigenvalue weighted by molar-refractivity contribution is 5.43. The molecule has 1 aliphatic rings. The smallest absolute Gasteiger partial charge is 0.122 e. The topological polar surface area (TPSA) is 24.5 Å². The van der Waals surface area contributed by atoms with Gasteiger partial charge >= 0.3 is 0 Å². The number of piperazine rings is 1. The van der Waals surface area contributed by atoms with Crippen LogP contribution in [0.1, 0.15) is 42.9 Å². The minimum absolute atomic E-state index is 0.810. The highest BCUT2D eigenvalue weighted by atomic mass is 16.5. The molecule has 1 aromatic rings. The van der Waals surface area contributed by atoms with E-state index in [1.54, 1.807) is 0 Å². The number of ether oxygens (including phenoxy) is 1. The Morgan fingerprint density at radius 2 is 1.86 bits per heavy atom. The molecule has 0 radical (unpaired) electrons. The molecular weight excluding hydrogens is 272 g/mol. The number of benzene rings is 1. The molecule has 0 bridgehead atoms. The lowest BCUT2D eigenvalue weighted by molar-refractivity contribution is 0.237. The Morgan fingerprint density at radius 1 is 1.09 bits per heavy atom. The molecule has 22 heavy (non-hydrogen) atoms. The Labute approximate surface area is 136 Å². The van der Waals surface area contributed by atoms with E-state index in [0.717, 1.165) is 31.9 Å². The minimum Gasteiger partial charge on any atom is -0.493 e. The molecule has 0 amide bonds. The largest absolute Gasteiger partial charge is 0.493 e. The Bertz CT molecular complexity index is 453. The summed E-state index contributed by atoms with van der Waals surface area (Å²) in [6, 6.07) is 4.42. The van der Waals surface area contributed by atoms with Crippen LogP contribution >= 0.6 is 0 Å². The summed E-state index contributed by atoms with van der Waals surface area (Å²) in [5.74, 6) is 1.06. The number of hydrogen-bond acceptors (Lipinski definition) is 3. The van der Waals surface area contributed by atoms with Gasteiger partial charge in [-0.25, -0.2) is 0 Å². The van der Waals surface area contributed by atoms with Crippen molar-refractivity contribution in [3.05, 3.63) is 28.8 Å². The predicted octanol–water partition coefficient (Wildman–Crippen LogP) is 3.32. The zero-order valence-electron chi connectivity index (χ0n) is 14.6. The molecular formula is C19H32N2O. The summed E-state index contributed by atoms with van der Waals surface area (Å²) in [5, 5.41) is 3.41. The fourth-order valence-electron chi connectivity index (χ4n) is 3.08. The van der Waals surface area contributed by atoms with Gasteiger partial charge in [0.05, 0.1) is 6.61 Å². The van der Waals surface area contributed by atoms with Crippen LogP contribution in [-0.2, 0) is 6.42 Å². The Kier molecular flexibility index (Phi) is 7.20. The molecule has 1 N–H and O–H groups in total. The van der Waals surface area contributed by atoms with Crippen LogP contribution in [0.2, 0.25) is 0 Å². The van der Waals surface area contributed by atoms with Gasteiger partial charge in [0.15, 0.2) is 0 Å². The molecule has 1 heterocycles. The van der Waals surface area contributed by atoms with E-state index in [9.17, 15) is 0 Å². The van der Waals surface area contributed by atoms with Gasteiger partial charge in [0.1, 0.15) is 5.75 Å². The third-order valence-corrected chi connectivity index (χ3v) is 4.69. The summed E-state index contributed by atoms with van der Waals surface area (Å²) >= 11 is 0. The van der Waals surface area contributed by atoms with Gasteiger partial charge in [-0.2, -0.15) is 0 Å². The van der Waals surface area contributed by atoms with Crippen molar-refractivity contribution in [2.45, 2.75) is 46.5 Å². The second-order valence-electron chi connectivity index (χ2n) is 6.37. The first-order valence-corrected chi connectivity index (χ1v) is 8.87. The van der Waals surface area contributed by atoms with Crippen LogP contribution in [0, 0.1) is 13.8 Å². The van der Waals surface area contributed by atoms with E-state index in [0.29, 0.717) is 0 Å². The van der Waals surface area contributed by atoms with E-state index in [4.69, 9.17) is 4.74 Å². The normalized spacial score (nSPS) is 16.0. The molecule has 0 aliphatic carbocycles. The first-order valence-electron chi connectivity index (χ1n) is 8.87. The molecule has 1 saturated heterocycles. The maximum absolute atomic E-state index is 5.81. The standard InChI is InChI=1S/C19H32N2O/c1-4-15-22-19-9-8-18(16(2)17(19)3)7-5-6-12-21-13-10-20-11-14-21/h8-9,20H,4-7,10-15H2,1-3H3. The van der Waals surface area contributed by atoms with Gasteiger partial charge in [0.25, 0.3) is 0 Å². The van der Waals surface area contributed by atoms with E-state index in [2.05, 4.69) is 43.1 Å². The molecule has 3 heteroatoms. The zero-order chi connectivity index (χ0) is 15.8. The summed E-state index contributed by atoms with van der Waals surface area (Å²) in [6.07, 6.45) is 4.82. The number of hydrogen-bond donors (Lipinski definition) is 1. The van der Waals surface area contributed by atoms with Crippen LogP contribution in [0.4, 0.5) is 0 Å². The molecule has 3 nitrogen and oxygen atoms in total. The van der Waals surface area contributed by atoms with Crippen molar-refractivity contribution >= 4 is 0 Å². The van der Waals surface area contributed by atoms with Crippen molar-refractivity contribution in [3.8, 4) is 5.75 Å². The molecule has 1 aromatic carbocycles. The monoisotopic (exact) mass is 304 g/mol. The predicted molar refractivity (Wildman–Crippen MR) is 93.9 cm³/mol. The second-order valence-corrected chi connectivity index (χ2v) is 6.37. The number of aryl methyl sites for hydroxylation is 1. The maximum Gasteiger partial charge on any atom is 0.122 e. The molecule has 1 aliphatic heterocycles.